The van der Waals surface area contributed by atoms with Gasteiger partial charge in [0.2, 0.25) is 5.69 Å². The first-order valence-electron chi connectivity index (χ1n) is 16.0. The number of aryl methyl sites for hydroxylation is 4. The van der Waals surface area contributed by atoms with Crippen molar-refractivity contribution in [1.29, 1.82) is 0 Å². The molecule has 0 spiro atoms. The molecule has 1 saturated carbocycles. The highest BCUT2D eigenvalue weighted by Crippen LogP contribution is 2.42. The molecule has 3 heteroatoms. The minimum absolute atomic E-state index is 0.233. The van der Waals surface area contributed by atoms with Crippen molar-refractivity contribution in [2.75, 3.05) is 0 Å². The zero-order valence-electron chi connectivity index (χ0n) is 27.5. The van der Waals surface area contributed by atoms with Gasteiger partial charge in [0, 0.05) is 32.0 Å². The molecule has 6 rings (SSSR count). The van der Waals surface area contributed by atoms with E-state index >= 15 is 4.39 Å². The van der Waals surface area contributed by atoms with Gasteiger partial charge in [-0.3, -0.25) is 0 Å². The number of hydrogen-bond donors (Lipinski definition) is 0. The van der Waals surface area contributed by atoms with E-state index in [4.69, 9.17) is 14.0 Å². The van der Waals surface area contributed by atoms with Crippen LogP contribution in [0.1, 0.15) is 69.8 Å². The summed E-state index contributed by atoms with van der Waals surface area (Å²) in [4.78, 5) is 0. The van der Waals surface area contributed by atoms with Crippen molar-refractivity contribution in [1.82, 2.24) is 0 Å². The van der Waals surface area contributed by atoms with Crippen LogP contribution in [0.2, 0.25) is 0 Å². The number of halogens is 1. The highest BCUT2D eigenvalue weighted by atomic mass is 19.1. The molecule has 182 valence electrons. The van der Waals surface area contributed by atoms with E-state index in [1.807, 2.05) is 43.3 Å². The van der Waals surface area contributed by atoms with Crippen LogP contribution in [-0.4, -0.2) is 0 Å². The molecule has 0 bridgehead atoms. The fourth-order valence-corrected chi connectivity index (χ4v) is 5.60. The number of pyridine rings is 1. The van der Waals surface area contributed by atoms with E-state index in [9.17, 15) is 0 Å². The van der Waals surface area contributed by atoms with Gasteiger partial charge in [-0.15, -0.1) is 0 Å². The van der Waals surface area contributed by atoms with Crippen molar-refractivity contribution < 1.29 is 23.0 Å². The van der Waals surface area contributed by atoms with Crippen LogP contribution in [-0.2, 0) is 7.05 Å². The zero-order valence-corrected chi connectivity index (χ0v) is 20.5. The first-order chi connectivity index (χ1) is 20.2. The Bertz CT molecular complexity index is 1860. The third-order valence-corrected chi connectivity index (χ3v) is 7.54. The maximum absolute atomic E-state index is 15.6. The van der Waals surface area contributed by atoms with Crippen molar-refractivity contribution in [3.05, 3.63) is 88.9 Å². The summed E-state index contributed by atoms with van der Waals surface area (Å²) in [6, 6.07) is 15.9. The van der Waals surface area contributed by atoms with Gasteiger partial charge in [0.05, 0.1) is 11.1 Å². The van der Waals surface area contributed by atoms with Gasteiger partial charge in [0.15, 0.2) is 6.20 Å². The Labute approximate surface area is 222 Å². The summed E-state index contributed by atoms with van der Waals surface area (Å²) in [6.45, 7) is -3.39. The number of aromatic nitrogens is 1. The number of fused-ring (bicyclic) bond motifs is 3. The second-order valence-corrected chi connectivity index (χ2v) is 9.87. The molecular weight excluding hydrogens is 445 g/mol. The Morgan fingerprint density at radius 1 is 0.861 bits per heavy atom. The van der Waals surface area contributed by atoms with Crippen molar-refractivity contribution in [3.8, 4) is 22.4 Å². The topological polar surface area (TPSA) is 17.0 Å². The molecular formula is C33H33FNO+. The highest BCUT2D eigenvalue weighted by molar-refractivity contribution is 6.13. The fourth-order valence-electron chi connectivity index (χ4n) is 5.60. The molecule has 1 fully saturated rings. The molecule has 2 heterocycles. The van der Waals surface area contributed by atoms with Crippen LogP contribution in [0.3, 0.4) is 0 Å². The summed E-state index contributed by atoms with van der Waals surface area (Å²) in [7, 11) is 1.67. The van der Waals surface area contributed by atoms with Crippen LogP contribution in [0, 0.1) is 26.4 Å². The molecule has 0 aliphatic heterocycles. The molecule has 3 aromatic carbocycles. The number of nitrogens with zero attached hydrogens (tertiary/aromatic N) is 1. The van der Waals surface area contributed by atoms with Gasteiger partial charge >= 0.3 is 0 Å². The van der Waals surface area contributed by atoms with Crippen LogP contribution in [0.25, 0.3) is 44.3 Å². The van der Waals surface area contributed by atoms with Crippen LogP contribution < -0.4 is 4.57 Å². The second kappa shape index (κ2) is 8.89. The Morgan fingerprint density at radius 3 is 2.28 bits per heavy atom. The predicted octanol–water partition coefficient (Wildman–Crippen LogP) is 8.86. The lowest BCUT2D eigenvalue weighted by Gasteiger charge is -2.22. The maximum Gasteiger partial charge on any atom is 0.216 e. The zero-order chi connectivity index (χ0) is 30.9. The Morgan fingerprint density at radius 2 is 1.56 bits per heavy atom. The SMILES string of the molecule is [2H]C([2H])([2H])c1cc(-c2c(C)ccc3c2oc2c(-c4ccc(C5([2H])CCCCC5)cc4)c(F)ccc23)[n+](C)cc1C([2H])([2H])[2H]. The van der Waals surface area contributed by atoms with Crippen LogP contribution in [0.5, 0.6) is 0 Å². The minimum atomic E-state index is -2.65. The van der Waals surface area contributed by atoms with Gasteiger partial charge in [0.25, 0.3) is 0 Å². The molecule has 0 amide bonds. The molecule has 36 heavy (non-hydrogen) atoms. The van der Waals surface area contributed by atoms with Crippen LogP contribution >= 0.6 is 0 Å². The third kappa shape index (κ3) is 3.73. The monoisotopic (exact) mass is 485 g/mol. The molecule has 0 radical (unpaired) electrons. The van der Waals surface area contributed by atoms with E-state index in [1.54, 1.807) is 17.7 Å². The number of rotatable bonds is 3. The third-order valence-electron chi connectivity index (χ3n) is 7.54. The normalized spacial score (nSPS) is 19.1. The minimum Gasteiger partial charge on any atom is -0.454 e. The standard InChI is InChI=1S/C33H33FNO/c1-20-10-15-26-27-16-17-28(34)31(25-13-11-24(12-14-25)23-8-6-5-7-9-23)33(27)36-32(26)30(20)29-18-21(2)22(3)19-35(29)4/h10-19,23H,5-9H2,1-4H3/q+1/i2D3,3D3,23D. The fraction of sp³-hybridized carbons (Fsp3) is 0.303. The summed E-state index contributed by atoms with van der Waals surface area (Å²) >= 11 is 0. The largest absolute Gasteiger partial charge is 0.454 e. The van der Waals surface area contributed by atoms with Crippen LogP contribution in [0.4, 0.5) is 4.39 Å². The van der Waals surface area contributed by atoms with Crippen molar-refractivity contribution in [2.45, 2.75) is 58.6 Å². The van der Waals surface area contributed by atoms with E-state index < -0.39 is 25.4 Å². The van der Waals surface area contributed by atoms with Crippen LogP contribution in [0.15, 0.2) is 65.2 Å². The van der Waals surface area contributed by atoms with E-state index in [2.05, 4.69) is 0 Å². The molecule has 1 aliphatic rings. The number of hydrogen-bond acceptors (Lipinski definition) is 1. The van der Waals surface area contributed by atoms with Gasteiger partial charge in [0.1, 0.15) is 24.0 Å². The first kappa shape index (κ1) is 16.3. The average molecular weight is 486 g/mol. The van der Waals surface area contributed by atoms with E-state index in [0.29, 0.717) is 38.9 Å². The molecule has 0 saturated heterocycles. The van der Waals surface area contributed by atoms with Crippen molar-refractivity contribution >= 4 is 21.9 Å². The van der Waals surface area contributed by atoms with Gasteiger partial charge in [-0.2, -0.15) is 0 Å². The van der Waals surface area contributed by atoms with Gasteiger partial charge < -0.3 is 4.42 Å². The second-order valence-electron chi connectivity index (χ2n) is 9.87. The Hall–Kier alpha value is -3.46. The predicted molar refractivity (Wildman–Crippen MR) is 146 cm³/mol. The Balaban J connectivity index is 1.56. The summed E-state index contributed by atoms with van der Waals surface area (Å²) in [5.41, 5.74) is 4.11. The molecule has 0 atom stereocenters. The average Bonchev–Trinajstić information content (AvgIpc) is 3.31. The molecule has 2 nitrogen and oxygen atoms in total. The highest BCUT2D eigenvalue weighted by Gasteiger charge is 2.24. The van der Waals surface area contributed by atoms with Crippen molar-refractivity contribution in [3.63, 3.8) is 0 Å². The van der Waals surface area contributed by atoms with Gasteiger partial charge in [-0.25, -0.2) is 8.96 Å². The summed E-state index contributed by atoms with van der Waals surface area (Å²) in [6.07, 6.45) is 6.20. The molecule has 0 unspecified atom stereocenters. The molecule has 5 aromatic rings. The number of furan rings is 1. The van der Waals surface area contributed by atoms with E-state index in [0.717, 1.165) is 48.6 Å². The Kier molecular flexibility index (Phi) is 4.03. The van der Waals surface area contributed by atoms with E-state index in [-0.39, 0.29) is 11.1 Å². The summed E-state index contributed by atoms with van der Waals surface area (Å²) in [5, 5.41) is 1.44. The lowest BCUT2D eigenvalue weighted by atomic mass is 9.83. The lowest BCUT2D eigenvalue weighted by Crippen LogP contribution is -2.31. The number of benzene rings is 3. The van der Waals surface area contributed by atoms with E-state index in [1.165, 1.54) is 18.3 Å². The maximum atomic E-state index is 15.6. The summed E-state index contributed by atoms with van der Waals surface area (Å²) < 4.78 is 80.6. The lowest BCUT2D eigenvalue weighted by molar-refractivity contribution is -0.660. The first-order valence-corrected chi connectivity index (χ1v) is 12.5. The molecule has 0 N–H and O–H groups in total. The summed E-state index contributed by atoms with van der Waals surface area (Å²) in [5.74, 6) is -1.06. The van der Waals surface area contributed by atoms with Crippen molar-refractivity contribution in [2.24, 2.45) is 7.05 Å². The molecule has 1 aliphatic carbocycles. The smallest absolute Gasteiger partial charge is 0.216 e. The van der Waals surface area contributed by atoms with Gasteiger partial charge in [-0.1, -0.05) is 55.7 Å². The quantitative estimate of drug-likeness (QED) is 0.233. The molecule has 2 aromatic heterocycles. The van der Waals surface area contributed by atoms with Gasteiger partial charge in [-0.05, 0) is 73.7 Å².